The van der Waals surface area contributed by atoms with Crippen LogP contribution in [-0.2, 0) is 0 Å². The first-order valence-corrected chi connectivity index (χ1v) is 11.7. The zero-order valence-corrected chi connectivity index (χ0v) is 20.0. The molecule has 168 valence electrons. The van der Waals surface area contributed by atoms with Crippen molar-refractivity contribution < 1.29 is 9.13 Å². The van der Waals surface area contributed by atoms with Crippen LogP contribution in [-0.4, -0.2) is 7.11 Å². The van der Waals surface area contributed by atoms with Gasteiger partial charge in [-0.1, -0.05) is 68.1 Å². The fraction of sp³-hybridized carbons (Fsp3) is 0.290. The van der Waals surface area contributed by atoms with Gasteiger partial charge in [0, 0.05) is 22.3 Å². The van der Waals surface area contributed by atoms with E-state index in [2.05, 4.69) is 23.7 Å². The van der Waals surface area contributed by atoms with Gasteiger partial charge >= 0.3 is 0 Å². The molecule has 1 nitrogen and oxygen atoms in total. The molecular weight excluding hydrogens is 407 g/mol. The average Bonchev–Trinajstić information content (AvgIpc) is 3.39. The quantitative estimate of drug-likeness (QED) is 0.374. The van der Waals surface area contributed by atoms with Crippen LogP contribution in [0.5, 0.6) is 5.75 Å². The van der Waals surface area contributed by atoms with E-state index in [0.29, 0.717) is 5.56 Å². The molecule has 0 aliphatic heterocycles. The maximum atomic E-state index is 15.6. The second-order valence-corrected chi connectivity index (χ2v) is 7.96. The third-order valence-corrected chi connectivity index (χ3v) is 5.77. The lowest BCUT2D eigenvalue weighted by Gasteiger charge is -2.14. The van der Waals surface area contributed by atoms with Gasteiger partial charge in [-0.3, -0.25) is 0 Å². The van der Waals surface area contributed by atoms with Crippen molar-refractivity contribution in [2.24, 2.45) is 0 Å². The highest BCUT2D eigenvalue weighted by atomic mass is 19.1. The summed E-state index contributed by atoms with van der Waals surface area (Å²) < 4.78 is 20.8. The molecule has 1 saturated carbocycles. The average molecular weight is 439 g/mol. The van der Waals surface area contributed by atoms with Gasteiger partial charge in [-0.2, -0.15) is 0 Å². The van der Waals surface area contributed by atoms with Crippen LogP contribution in [0.1, 0.15) is 78.8 Å². The van der Waals surface area contributed by atoms with E-state index in [9.17, 15) is 0 Å². The summed E-state index contributed by atoms with van der Waals surface area (Å²) in [4.78, 5) is 0. The summed E-state index contributed by atoms with van der Waals surface area (Å²) in [6.45, 7) is 6.04. The van der Waals surface area contributed by atoms with E-state index in [1.165, 1.54) is 5.56 Å². The van der Waals surface area contributed by atoms with Crippen molar-refractivity contribution in [2.45, 2.75) is 52.4 Å². The smallest absolute Gasteiger partial charge is 0.143 e. The van der Waals surface area contributed by atoms with Gasteiger partial charge in [-0.05, 0) is 74.2 Å². The third kappa shape index (κ3) is 6.27. The van der Waals surface area contributed by atoms with E-state index in [-0.39, 0.29) is 11.7 Å². The van der Waals surface area contributed by atoms with Gasteiger partial charge in [0.2, 0.25) is 0 Å². The van der Waals surface area contributed by atoms with Crippen molar-refractivity contribution in [1.29, 1.82) is 0 Å². The normalized spacial score (nSPS) is 12.5. The van der Waals surface area contributed by atoms with Gasteiger partial charge in [0.05, 0.1) is 12.7 Å². The first-order chi connectivity index (χ1) is 16.1. The summed E-state index contributed by atoms with van der Waals surface area (Å²) >= 11 is 0. The van der Waals surface area contributed by atoms with Crippen LogP contribution in [0.25, 0.3) is 0 Å². The highest BCUT2D eigenvalue weighted by Gasteiger charge is 2.24. The number of rotatable bonds is 2. The maximum absolute atomic E-state index is 15.6. The molecule has 1 aliphatic carbocycles. The largest absolute Gasteiger partial charge is 0.497 e. The zero-order chi connectivity index (χ0) is 23.6. The van der Waals surface area contributed by atoms with Gasteiger partial charge in [0.1, 0.15) is 11.6 Å². The number of methoxy groups -OCH3 is 1. The molecule has 1 aliphatic rings. The van der Waals surface area contributed by atoms with Crippen LogP contribution in [0.2, 0.25) is 0 Å². The summed E-state index contributed by atoms with van der Waals surface area (Å²) in [6, 6.07) is 19.2. The minimum absolute atomic E-state index is 0.210. The Balaban J connectivity index is 0.00000149. The summed E-state index contributed by atoms with van der Waals surface area (Å²) in [7, 11) is 1.64. The van der Waals surface area contributed by atoms with Gasteiger partial charge in [-0.15, -0.1) is 0 Å². The lowest BCUT2D eigenvalue weighted by molar-refractivity contribution is 0.415. The third-order valence-electron chi connectivity index (χ3n) is 5.77. The van der Waals surface area contributed by atoms with Gasteiger partial charge in [0.15, 0.2) is 0 Å². The van der Waals surface area contributed by atoms with E-state index in [0.717, 1.165) is 53.7 Å². The lowest BCUT2D eigenvalue weighted by atomic mass is 9.90. The molecule has 3 aromatic carbocycles. The molecule has 4 rings (SSSR count). The molecule has 0 amide bonds. The first kappa shape index (κ1) is 24.2. The van der Waals surface area contributed by atoms with Gasteiger partial charge in [-0.25, -0.2) is 4.39 Å². The number of aryl methyl sites for hydroxylation is 1. The van der Waals surface area contributed by atoms with Crippen molar-refractivity contribution in [3.05, 3.63) is 99.9 Å². The van der Waals surface area contributed by atoms with Crippen LogP contribution in [0, 0.1) is 36.4 Å². The Labute approximate surface area is 198 Å². The molecule has 0 radical (unpaired) electrons. The Morgan fingerprint density at radius 3 is 1.82 bits per heavy atom. The monoisotopic (exact) mass is 438 g/mol. The molecule has 0 atom stereocenters. The zero-order valence-electron chi connectivity index (χ0n) is 20.0. The van der Waals surface area contributed by atoms with Gasteiger partial charge in [0.25, 0.3) is 0 Å². The molecule has 0 unspecified atom stereocenters. The van der Waals surface area contributed by atoms with E-state index in [1.54, 1.807) is 13.2 Å². The fourth-order valence-corrected chi connectivity index (χ4v) is 4.00. The molecule has 0 aromatic heterocycles. The summed E-state index contributed by atoms with van der Waals surface area (Å²) in [5.41, 5.74) is 4.88. The standard InChI is InChI=1S/C29H25FO.C2H6/c1-21-7-9-22(10-8-21)12-16-26-18-17-25(28(29(26)30)24-5-3-4-6-24)15-11-23-13-19-27(31-2)20-14-23;1-2/h7-10,13-14,17-20,24H,3-6H2,1-2H3;1-2H3. The molecule has 0 bridgehead atoms. The van der Waals surface area contributed by atoms with E-state index < -0.39 is 0 Å². The van der Waals surface area contributed by atoms with Crippen molar-refractivity contribution >= 4 is 0 Å². The Bertz CT molecular complexity index is 1180. The van der Waals surface area contributed by atoms with Crippen molar-refractivity contribution in [1.82, 2.24) is 0 Å². The Morgan fingerprint density at radius 1 is 0.727 bits per heavy atom. The maximum Gasteiger partial charge on any atom is 0.143 e. The topological polar surface area (TPSA) is 9.23 Å². The summed E-state index contributed by atoms with van der Waals surface area (Å²) in [6.07, 6.45) is 4.27. The molecule has 2 heteroatoms. The number of benzene rings is 3. The van der Waals surface area contributed by atoms with Gasteiger partial charge < -0.3 is 4.74 Å². The Morgan fingerprint density at radius 2 is 1.24 bits per heavy atom. The minimum Gasteiger partial charge on any atom is -0.497 e. The second-order valence-electron chi connectivity index (χ2n) is 7.96. The van der Waals surface area contributed by atoms with Crippen LogP contribution in [0.15, 0.2) is 60.7 Å². The van der Waals surface area contributed by atoms with Crippen LogP contribution in [0.3, 0.4) is 0 Å². The predicted octanol–water partition coefficient (Wildman–Crippen LogP) is 7.63. The molecule has 33 heavy (non-hydrogen) atoms. The second kappa shape index (κ2) is 11.9. The molecule has 0 spiro atoms. The van der Waals surface area contributed by atoms with E-state index in [1.807, 2.05) is 75.4 Å². The van der Waals surface area contributed by atoms with Crippen LogP contribution >= 0.6 is 0 Å². The van der Waals surface area contributed by atoms with Crippen LogP contribution < -0.4 is 4.74 Å². The molecule has 3 aromatic rings. The number of hydrogen-bond donors (Lipinski definition) is 0. The van der Waals surface area contributed by atoms with Crippen LogP contribution in [0.4, 0.5) is 4.39 Å². The molecule has 0 N–H and O–H groups in total. The minimum atomic E-state index is -0.215. The molecule has 0 heterocycles. The van der Waals surface area contributed by atoms with E-state index >= 15 is 4.39 Å². The SMILES string of the molecule is CC.COc1ccc(C#Cc2ccc(C#Cc3ccc(C)cc3)c(F)c2C2CCCC2)cc1. The number of hydrogen-bond acceptors (Lipinski definition) is 1. The molecule has 1 fully saturated rings. The Kier molecular flexibility index (Phi) is 8.74. The first-order valence-electron chi connectivity index (χ1n) is 11.7. The van der Waals surface area contributed by atoms with Crippen molar-refractivity contribution in [2.75, 3.05) is 7.11 Å². The fourth-order valence-electron chi connectivity index (χ4n) is 4.00. The number of ether oxygens (including phenoxy) is 1. The Hall–Kier alpha value is -3.49. The van der Waals surface area contributed by atoms with E-state index in [4.69, 9.17) is 4.74 Å². The highest BCUT2D eigenvalue weighted by Crippen LogP contribution is 2.38. The van der Waals surface area contributed by atoms with Crippen molar-refractivity contribution in [3.8, 4) is 29.4 Å². The summed E-state index contributed by atoms with van der Waals surface area (Å²) in [5.74, 6) is 13.3. The predicted molar refractivity (Wildman–Crippen MR) is 135 cm³/mol. The summed E-state index contributed by atoms with van der Waals surface area (Å²) in [5, 5.41) is 0. The van der Waals surface area contributed by atoms with Crippen molar-refractivity contribution in [3.63, 3.8) is 0 Å². The lowest BCUT2D eigenvalue weighted by Crippen LogP contribution is -2.03. The molecular formula is C31H31FO. The molecule has 0 saturated heterocycles. The highest BCUT2D eigenvalue weighted by molar-refractivity contribution is 5.54. The number of halogens is 1.